The number of fused-ring (bicyclic) bond motifs is 1. The van der Waals surface area contributed by atoms with Crippen LogP contribution < -0.4 is 15.4 Å². The Balaban J connectivity index is 1.59. The van der Waals surface area contributed by atoms with Crippen molar-refractivity contribution >= 4 is 29.0 Å². The molecule has 0 aliphatic heterocycles. The predicted octanol–water partition coefficient (Wildman–Crippen LogP) is 2.83. The van der Waals surface area contributed by atoms with Gasteiger partial charge in [-0.1, -0.05) is 6.07 Å². The summed E-state index contributed by atoms with van der Waals surface area (Å²) in [7, 11) is 1.63. The molecule has 2 N–H and O–H groups in total. The number of amides is 1. The summed E-state index contributed by atoms with van der Waals surface area (Å²) in [5.74, 6) is 2.00. The number of nitrogens with one attached hydrogen (secondary N) is 2. The van der Waals surface area contributed by atoms with Crippen LogP contribution in [0.4, 0.5) is 17.5 Å². The van der Waals surface area contributed by atoms with E-state index in [9.17, 15) is 4.79 Å². The first-order valence-electron chi connectivity index (χ1n) is 7.81. The highest BCUT2D eigenvalue weighted by Crippen LogP contribution is 2.30. The molecule has 24 heavy (non-hydrogen) atoms. The largest absolute Gasteiger partial charge is 0.497 e. The Kier molecular flexibility index (Phi) is 3.53. The average Bonchev–Trinajstić information content (AvgIpc) is 3.37. The summed E-state index contributed by atoms with van der Waals surface area (Å²) in [6.45, 7) is 0. The Morgan fingerprint density at radius 1 is 1.21 bits per heavy atom. The molecule has 2 aromatic heterocycles. The molecule has 0 spiro atoms. The number of pyridine rings is 1. The summed E-state index contributed by atoms with van der Waals surface area (Å²) in [5.41, 5.74) is 1.57. The fraction of sp³-hybridized carbons (Fsp3) is 0.235. The zero-order chi connectivity index (χ0) is 16.5. The molecule has 0 unspecified atom stereocenters. The van der Waals surface area contributed by atoms with Crippen molar-refractivity contribution < 1.29 is 9.53 Å². The van der Waals surface area contributed by atoms with Crippen LogP contribution in [-0.4, -0.2) is 27.6 Å². The van der Waals surface area contributed by atoms with Crippen molar-refractivity contribution in [3.05, 3.63) is 42.5 Å². The van der Waals surface area contributed by atoms with Gasteiger partial charge >= 0.3 is 0 Å². The summed E-state index contributed by atoms with van der Waals surface area (Å²) < 4.78 is 6.83. The van der Waals surface area contributed by atoms with Crippen LogP contribution in [0.2, 0.25) is 0 Å². The minimum absolute atomic E-state index is 0.00410. The molecular weight excluding hydrogens is 306 g/mol. The molecule has 1 aromatic carbocycles. The Morgan fingerprint density at radius 3 is 2.71 bits per heavy atom. The number of carbonyl (C=O) groups excluding carboxylic acids is 1. The van der Waals surface area contributed by atoms with E-state index in [1.165, 1.54) is 0 Å². The zero-order valence-electron chi connectivity index (χ0n) is 13.2. The van der Waals surface area contributed by atoms with Crippen LogP contribution >= 0.6 is 0 Å². The second-order valence-corrected chi connectivity index (χ2v) is 5.73. The molecule has 1 aliphatic rings. The van der Waals surface area contributed by atoms with E-state index in [4.69, 9.17) is 4.74 Å². The number of aromatic nitrogens is 3. The summed E-state index contributed by atoms with van der Waals surface area (Å²) in [6.07, 6.45) is 1.90. The van der Waals surface area contributed by atoms with Crippen molar-refractivity contribution in [2.75, 3.05) is 17.7 Å². The monoisotopic (exact) mass is 323 g/mol. The van der Waals surface area contributed by atoms with E-state index in [1.54, 1.807) is 11.6 Å². The molecular formula is C17H17N5O2. The lowest BCUT2D eigenvalue weighted by atomic mass is 10.3. The first-order chi connectivity index (χ1) is 11.7. The Hall–Kier alpha value is -3.09. The van der Waals surface area contributed by atoms with Gasteiger partial charge in [0.05, 0.1) is 7.11 Å². The molecule has 0 saturated heterocycles. The van der Waals surface area contributed by atoms with E-state index < -0.39 is 0 Å². The Bertz CT molecular complexity index is 884. The molecule has 7 heteroatoms. The second kappa shape index (κ2) is 5.84. The SMILES string of the molecule is COc1ccc(Nc2cccc3nc(NC(=O)C4CC4)nn23)cc1. The molecule has 3 aromatic rings. The van der Waals surface area contributed by atoms with Gasteiger partial charge in [0.2, 0.25) is 11.9 Å². The molecule has 1 saturated carbocycles. The third-order valence-electron chi connectivity index (χ3n) is 3.91. The van der Waals surface area contributed by atoms with Gasteiger partial charge in [0.1, 0.15) is 11.6 Å². The molecule has 1 amide bonds. The van der Waals surface area contributed by atoms with E-state index >= 15 is 0 Å². The van der Waals surface area contributed by atoms with Gasteiger partial charge in [-0.2, -0.15) is 9.50 Å². The van der Waals surface area contributed by atoms with Gasteiger partial charge in [0.25, 0.3) is 0 Å². The van der Waals surface area contributed by atoms with Crippen molar-refractivity contribution in [1.29, 1.82) is 0 Å². The van der Waals surface area contributed by atoms with Gasteiger partial charge < -0.3 is 10.1 Å². The minimum Gasteiger partial charge on any atom is -0.497 e. The number of rotatable bonds is 5. The maximum atomic E-state index is 11.9. The molecule has 7 nitrogen and oxygen atoms in total. The van der Waals surface area contributed by atoms with Gasteiger partial charge in [-0.3, -0.25) is 10.1 Å². The first-order valence-corrected chi connectivity index (χ1v) is 7.81. The van der Waals surface area contributed by atoms with E-state index in [2.05, 4.69) is 20.7 Å². The van der Waals surface area contributed by atoms with Gasteiger partial charge in [-0.25, -0.2) is 0 Å². The van der Waals surface area contributed by atoms with Gasteiger partial charge in [-0.05, 0) is 49.2 Å². The predicted molar refractivity (Wildman–Crippen MR) is 90.6 cm³/mol. The molecule has 122 valence electrons. The number of ether oxygens (including phenoxy) is 1. The third-order valence-corrected chi connectivity index (χ3v) is 3.91. The lowest BCUT2D eigenvalue weighted by molar-refractivity contribution is -0.117. The summed E-state index contributed by atoms with van der Waals surface area (Å²) >= 11 is 0. The summed E-state index contributed by atoms with van der Waals surface area (Å²) in [5, 5.41) is 10.4. The van der Waals surface area contributed by atoms with E-state index in [1.807, 2.05) is 42.5 Å². The molecule has 1 fully saturated rings. The van der Waals surface area contributed by atoms with Gasteiger partial charge in [0, 0.05) is 11.6 Å². The zero-order valence-corrected chi connectivity index (χ0v) is 13.2. The number of methoxy groups -OCH3 is 1. The third kappa shape index (κ3) is 2.88. The lowest BCUT2D eigenvalue weighted by Gasteiger charge is -2.08. The summed E-state index contributed by atoms with van der Waals surface area (Å²) in [6, 6.07) is 13.2. The lowest BCUT2D eigenvalue weighted by Crippen LogP contribution is -2.14. The van der Waals surface area contributed by atoms with Crippen LogP contribution in [-0.2, 0) is 4.79 Å². The normalized spacial score (nSPS) is 13.7. The maximum Gasteiger partial charge on any atom is 0.249 e. The number of benzene rings is 1. The van der Waals surface area contributed by atoms with Crippen molar-refractivity contribution in [1.82, 2.24) is 14.6 Å². The number of carbonyl (C=O) groups is 1. The summed E-state index contributed by atoms with van der Waals surface area (Å²) in [4.78, 5) is 16.2. The van der Waals surface area contributed by atoms with Gasteiger partial charge in [0.15, 0.2) is 5.65 Å². The first kappa shape index (κ1) is 14.5. The minimum atomic E-state index is -0.00410. The smallest absolute Gasteiger partial charge is 0.249 e. The quantitative estimate of drug-likeness (QED) is 0.754. The molecule has 4 rings (SSSR count). The highest BCUT2D eigenvalue weighted by atomic mass is 16.5. The van der Waals surface area contributed by atoms with Crippen molar-refractivity contribution in [2.24, 2.45) is 5.92 Å². The van der Waals surface area contributed by atoms with E-state index in [0.717, 1.165) is 30.1 Å². The average molecular weight is 323 g/mol. The van der Waals surface area contributed by atoms with Crippen molar-refractivity contribution in [2.45, 2.75) is 12.8 Å². The number of anilines is 3. The molecule has 1 aliphatic carbocycles. The van der Waals surface area contributed by atoms with E-state index in [-0.39, 0.29) is 11.8 Å². The van der Waals surface area contributed by atoms with Crippen LogP contribution in [0.5, 0.6) is 5.75 Å². The second-order valence-electron chi connectivity index (χ2n) is 5.73. The van der Waals surface area contributed by atoms with Gasteiger partial charge in [-0.15, -0.1) is 5.10 Å². The van der Waals surface area contributed by atoms with E-state index in [0.29, 0.717) is 11.6 Å². The number of hydrogen-bond donors (Lipinski definition) is 2. The Morgan fingerprint density at radius 2 is 2.00 bits per heavy atom. The highest BCUT2D eigenvalue weighted by molar-refractivity contribution is 5.92. The van der Waals surface area contributed by atoms with Crippen LogP contribution in [0.3, 0.4) is 0 Å². The fourth-order valence-corrected chi connectivity index (χ4v) is 2.43. The number of hydrogen-bond acceptors (Lipinski definition) is 5. The van der Waals surface area contributed by atoms with Crippen LogP contribution in [0.25, 0.3) is 5.65 Å². The molecule has 0 bridgehead atoms. The Labute approximate surface area is 138 Å². The highest BCUT2D eigenvalue weighted by Gasteiger charge is 2.30. The fourth-order valence-electron chi connectivity index (χ4n) is 2.43. The van der Waals surface area contributed by atoms with Crippen LogP contribution in [0.15, 0.2) is 42.5 Å². The molecule has 2 heterocycles. The molecule has 0 radical (unpaired) electrons. The van der Waals surface area contributed by atoms with Crippen molar-refractivity contribution in [3.63, 3.8) is 0 Å². The molecule has 0 atom stereocenters. The maximum absolute atomic E-state index is 11.9. The topological polar surface area (TPSA) is 80.5 Å². The van der Waals surface area contributed by atoms with Crippen molar-refractivity contribution in [3.8, 4) is 5.75 Å². The number of nitrogens with zero attached hydrogens (tertiary/aromatic N) is 3. The van der Waals surface area contributed by atoms with Crippen LogP contribution in [0.1, 0.15) is 12.8 Å². The van der Waals surface area contributed by atoms with Crippen LogP contribution in [0, 0.1) is 5.92 Å². The standard InChI is InChI=1S/C17H17N5O2/c1-24-13-9-7-12(8-10-13)18-14-3-2-4-15-19-17(21-22(14)15)20-16(23)11-5-6-11/h2-4,7-11,18H,5-6H2,1H3,(H,20,21,23).